The summed E-state index contributed by atoms with van der Waals surface area (Å²) >= 11 is 0. The van der Waals surface area contributed by atoms with E-state index in [1.54, 1.807) is 30.2 Å². The minimum Gasteiger partial charge on any atom is -0.481 e. The van der Waals surface area contributed by atoms with Gasteiger partial charge in [-0.2, -0.15) is 0 Å². The largest absolute Gasteiger partial charge is 0.481 e. The van der Waals surface area contributed by atoms with E-state index in [2.05, 4.69) is 11.9 Å². The maximum Gasteiger partial charge on any atom is 0.320 e. The lowest BCUT2D eigenvalue weighted by atomic mass is 10.0. The fourth-order valence-corrected chi connectivity index (χ4v) is 6.10. The Balaban J connectivity index is 0.000000712. The zero-order valence-corrected chi connectivity index (χ0v) is 27.1. The van der Waals surface area contributed by atoms with Crippen molar-refractivity contribution in [1.82, 2.24) is 4.90 Å². The molecule has 252 valence electrons. The average Bonchev–Trinajstić information content (AvgIpc) is 3.00. The molecule has 0 bridgehead atoms. The number of benzene rings is 2. The molecular formula is C31H49N5O8S. The molecular weight excluding hydrogens is 602 g/mol. The summed E-state index contributed by atoms with van der Waals surface area (Å²) in [5.74, 6) is -3.66. The number of guanidine groups is 1. The zero-order chi connectivity index (χ0) is 33.8. The van der Waals surface area contributed by atoms with Crippen LogP contribution in [0.1, 0.15) is 58.3 Å². The quantitative estimate of drug-likeness (QED) is 0.0794. The summed E-state index contributed by atoms with van der Waals surface area (Å²) in [6.45, 7) is 3.96. The Bertz CT molecular complexity index is 1340. The van der Waals surface area contributed by atoms with E-state index in [4.69, 9.17) is 27.0 Å². The van der Waals surface area contributed by atoms with Crippen LogP contribution in [-0.4, -0.2) is 92.5 Å². The number of carboxylic acid groups (broad SMARTS) is 2. The molecule has 0 heterocycles. The van der Waals surface area contributed by atoms with E-state index in [0.717, 1.165) is 30.0 Å². The summed E-state index contributed by atoms with van der Waals surface area (Å²) in [5.41, 5.74) is 15.3. The van der Waals surface area contributed by atoms with E-state index < -0.39 is 39.5 Å². The fraction of sp³-hybridized carbons (Fsp3) is 0.548. The number of nitrogens with zero attached hydrogens (tertiary/aromatic N) is 2. The number of sulfone groups is 1. The highest BCUT2D eigenvalue weighted by Crippen LogP contribution is 2.24. The van der Waals surface area contributed by atoms with Gasteiger partial charge in [0.05, 0.1) is 16.6 Å². The van der Waals surface area contributed by atoms with Crippen LogP contribution in [0.2, 0.25) is 0 Å². The standard InChI is InChI=1S/C25H35NO6S.C6H14N4O2/c1-3-4-7-15-26(16-8-17-32-2)25(29)22(12-14-24(27)28)19-33(30,31)23-13-11-20-9-5-6-10-21(20)18-23;7-4(5(11)12)2-1-3-10-6(8)9/h5-6,9-11,13,18,22H,3-4,7-8,12,14-17,19H2,1-2H3,(H,27,28);4H,1-3,7H2,(H,11,12)(H4,8,9,10). The molecule has 0 saturated carbocycles. The van der Waals surface area contributed by atoms with Crippen molar-refractivity contribution in [2.24, 2.45) is 28.1 Å². The van der Waals surface area contributed by atoms with Crippen LogP contribution < -0.4 is 17.2 Å². The Morgan fingerprint density at radius 2 is 1.62 bits per heavy atom. The van der Waals surface area contributed by atoms with Crippen molar-refractivity contribution in [2.75, 3.05) is 39.1 Å². The van der Waals surface area contributed by atoms with Gasteiger partial charge in [-0.3, -0.25) is 19.4 Å². The Labute approximate surface area is 265 Å². The summed E-state index contributed by atoms with van der Waals surface area (Å²) in [6.07, 6.45) is 4.09. The van der Waals surface area contributed by atoms with E-state index in [0.29, 0.717) is 45.5 Å². The third-order valence-corrected chi connectivity index (χ3v) is 8.77. The molecule has 0 saturated heterocycles. The molecule has 2 unspecified atom stereocenters. The lowest BCUT2D eigenvalue weighted by molar-refractivity contribution is -0.140. The van der Waals surface area contributed by atoms with Gasteiger partial charge in [0.1, 0.15) is 6.04 Å². The molecule has 8 N–H and O–H groups in total. The molecule has 2 aromatic rings. The fourth-order valence-electron chi connectivity index (χ4n) is 4.48. The van der Waals surface area contributed by atoms with Gasteiger partial charge in [0.25, 0.3) is 0 Å². The molecule has 2 atom stereocenters. The normalized spacial score (nSPS) is 12.4. The Morgan fingerprint density at radius 1 is 0.956 bits per heavy atom. The number of unbranched alkanes of at least 4 members (excludes halogenated alkanes) is 2. The van der Waals surface area contributed by atoms with E-state index in [9.17, 15) is 27.9 Å². The molecule has 2 aromatic carbocycles. The number of fused-ring (bicyclic) bond motifs is 1. The molecule has 0 spiro atoms. The van der Waals surface area contributed by atoms with Gasteiger partial charge in [-0.1, -0.05) is 50.1 Å². The van der Waals surface area contributed by atoms with Crippen molar-refractivity contribution >= 4 is 44.4 Å². The highest BCUT2D eigenvalue weighted by atomic mass is 32.2. The highest BCUT2D eigenvalue weighted by molar-refractivity contribution is 7.91. The van der Waals surface area contributed by atoms with Gasteiger partial charge in [-0.05, 0) is 55.0 Å². The van der Waals surface area contributed by atoms with Crippen molar-refractivity contribution in [3.63, 3.8) is 0 Å². The van der Waals surface area contributed by atoms with Crippen LogP contribution in [0.4, 0.5) is 0 Å². The maximum atomic E-state index is 13.4. The molecule has 0 aliphatic rings. The van der Waals surface area contributed by atoms with Crippen LogP contribution in [0.5, 0.6) is 0 Å². The summed E-state index contributed by atoms with van der Waals surface area (Å²) in [5, 5.41) is 19.3. The Kier molecular flexibility index (Phi) is 18.4. The number of amides is 1. The van der Waals surface area contributed by atoms with E-state index in [1.807, 2.05) is 24.3 Å². The van der Waals surface area contributed by atoms with Crippen LogP contribution in [0.15, 0.2) is 52.4 Å². The molecule has 1 amide bonds. The predicted octanol–water partition coefficient (Wildman–Crippen LogP) is 2.60. The number of aliphatic carboxylic acids is 2. The number of hydrogen-bond donors (Lipinski definition) is 5. The number of carbonyl (C=O) groups excluding carboxylic acids is 1. The monoisotopic (exact) mass is 651 g/mol. The number of aliphatic imine (C=N–C) groups is 1. The summed E-state index contributed by atoms with van der Waals surface area (Å²) < 4.78 is 31.6. The number of hydrogen-bond acceptors (Lipinski definition) is 8. The van der Waals surface area contributed by atoms with Gasteiger partial charge in [0, 0.05) is 39.8 Å². The molecule has 0 aromatic heterocycles. The first-order valence-electron chi connectivity index (χ1n) is 15.1. The van der Waals surface area contributed by atoms with Crippen LogP contribution in [0.3, 0.4) is 0 Å². The number of nitrogens with two attached hydrogens (primary N) is 3. The smallest absolute Gasteiger partial charge is 0.320 e. The molecule has 0 aliphatic carbocycles. The molecule has 14 heteroatoms. The van der Waals surface area contributed by atoms with Crippen LogP contribution in [-0.2, 0) is 29.0 Å². The number of ether oxygens (including phenoxy) is 1. The minimum atomic E-state index is -3.79. The van der Waals surface area contributed by atoms with Gasteiger partial charge in [-0.15, -0.1) is 0 Å². The minimum absolute atomic E-state index is 0.0129. The third-order valence-electron chi connectivity index (χ3n) is 6.96. The SMILES string of the molecule is CCCCCN(CCCOC)C(=O)C(CCC(=O)O)CS(=O)(=O)c1ccc2ccccc2c1.NC(N)=NCCCC(N)C(=O)O. The Hall–Kier alpha value is -3.75. The number of carboxylic acids is 2. The van der Waals surface area contributed by atoms with E-state index in [-0.39, 0.29) is 29.6 Å². The van der Waals surface area contributed by atoms with Crippen molar-refractivity contribution in [2.45, 2.75) is 69.2 Å². The Morgan fingerprint density at radius 3 is 2.22 bits per heavy atom. The second kappa shape index (κ2) is 21.1. The summed E-state index contributed by atoms with van der Waals surface area (Å²) in [6, 6.07) is 11.6. The van der Waals surface area contributed by atoms with E-state index >= 15 is 0 Å². The van der Waals surface area contributed by atoms with Crippen molar-refractivity contribution < 1.29 is 37.8 Å². The molecule has 13 nitrogen and oxygen atoms in total. The van der Waals surface area contributed by atoms with Crippen molar-refractivity contribution in [3.05, 3.63) is 42.5 Å². The molecule has 0 fully saturated rings. The van der Waals surface area contributed by atoms with Crippen LogP contribution in [0, 0.1) is 5.92 Å². The number of methoxy groups -OCH3 is 1. The lowest BCUT2D eigenvalue weighted by Crippen LogP contribution is -2.40. The summed E-state index contributed by atoms with van der Waals surface area (Å²) in [4.78, 5) is 40.3. The first-order chi connectivity index (χ1) is 21.3. The van der Waals surface area contributed by atoms with Gasteiger partial charge in [-0.25, -0.2) is 8.42 Å². The topological polar surface area (TPSA) is 229 Å². The van der Waals surface area contributed by atoms with Crippen molar-refractivity contribution in [3.8, 4) is 0 Å². The van der Waals surface area contributed by atoms with Gasteiger partial charge < -0.3 is 37.1 Å². The molecule has 0 aliphatic heterocycles. The first-order valence-corrected chi connectivity index (χ1v) is 16.7. The average molecular weight is 652 g/mol. The maximum absolute atomic E-state index is 13.4. The number of carbonyl (C=O) groups is 3. The lowest BCUT2D eigenvalue weighted by Gasteiger charge is -2.27. The third kappa shape index (κ3) is 15.7. The van der Waals surface area contributed by atoms with Gasteiger partial charge in [0.2, 0.25) is 5.91 Å². The second-order valence-electron chi connectivity index (χ2n) is 10.7. The van der Waals surface area contributed by atoms with Crippen LogP contribution in [0.25, 0.3) is 10.8 Å². The molecule has 2 rings (SSSR count). The highest BCUT2D eigenvalue weighted by Gasteiger charge is 2.30. The predicted molar refractivity (Wildman–Crippen MR) is 174 cm³/mol. The first kappa shape index (κ1) is 39.3. The zero-order valence-electron chi connectivity index (χ0n) is 26.3. The molecule has 0 radical (unpaired) electrons. The van der Waals surface area contributed by atoms with Crippen molar-refractivity contribution in [1.29, 1.82) is 0 Å². The molecule has 45 heavy (non-hydrogen) atoms. The van der Waals surface area contributed by atoms with Crippen LogP contribution >= 0.6 is 0 Å². The van der Waals surface area contributed by atoms with E-state index in [1.165, 1.54) is 0 Å². The number of rotatable bonds is 20. The van der Waals surface area contributed by atoms with Gasteiger partial charge >= 0.3 is 11.9 Å². The second-order valence-corrected chi connectivity index (χ2v) is 12.7. The summed E-state index contributed by atoms with van der Waals surface area (Å²) in [7, 11) is -2.20. The van der Waals surface area contributed by atoms with Gasteiger partial charge in [0.15, 0.2) is 15.8 Å².